The van der Waals surface area contributed by atoms with E-state index in [-0.39, 0.29) is 5.56 Å². The normalized spacial score (nSPS) is 21.9. The fraction of sp³-hybridized carbons (Fsp3) is 0.294. The predicted octanol–water partition coefficient (Wildman–Crippen LogP) is 4.05. The Kier molecular flexibility index (Phi) is 3.29. The second-order valence-corrected chi connectivity index (χ2v) is 5.64. The van der Waals surface area contributed by atoms with E-state index in [0.29, 0.717) is 19.3 Å². The van der Waals surface area contributed by atoms with E-state index in [1.165, 1.54) is 17.7 Å². The number of aryl methyl sites for hydroxylation is 1. The fourth-order valence-electron chi connectivity index (χ4n) is 3.15. The van der Waals surface area contributed by atoms with Gasteiger partial charge in [-0.25, -0.2) is 0 Å². The molecule has 1 unspecified atom stereocenters. The summed E-state index contributed by atoms with van der Waals surface area (Å²) in [6.07, 6.45) is -2.70. The summed E-state index contributed by atoms with van der Waals surface area (Å²) >= 11 is 0. The third-order valence-corrected chi connectivity index (χ3v) is 4.23. The molecule has 0 radical (unpaired) electrons. The maximum absolute atomic E-state index is 13.2. The van der Waals surface area contributed by atoms with Crippen molar-refractivity contribution < 1.29 is 13.2 Å². The van der Waals surface area contributed by atoms with Gasteiger partial charge in [-0.2, -0.15) is 13.2 Å². The van der Waals surface area contributed by atoms with Gasteiger partial charge >= 0.3 is 6.18 Å². The van der Waals surface area contributed by atoms with Crippen molar-refractivity contribution in [3.8, 4) is 0 Å². The molecular weight excluding hydrogens is 275 g/mol. The number of benzene rings is 2. The lowest BCUT2D eigenvalue weighted by atomic mass is 9.73. The number of hydrogen-bond acceptors (Lipinski definition) is 1. The summed E-state index contributed by atoms with van der Waals surface area (Å²) in [5, 5.41) is 0. The number of alkyl halides is 3. The molecule has 0 saturated carbocycles. The van der Waals surface area contributed by atoms with Crippen molar-refractivity contribution in [1.82, 2.24) is 0 Å². The summed E-state index contributed by atoms with van der Waals surface area (Å²) in [6, 6.07) is 13.5. The molecule has 1 aliphatic rings. The minimum Gasteiger partial charge on any atom is -0.321 e. The van der Waals surface area contributed by atoms with E-state index in [1.807, 2.05) is 24.3 Å². The Balaban J connectivity index is 2.06. The van der Waals surface area contributed by atoms with E-state index in [2.05, 4.69) is 0 Å². The molecule has 1 aliphatic carbocycles. The average molecular weight is 291 g/mol. The van der Waals surface area contributed by atoms with Crippen LogP contribution in [-0.2, 0) is 24.6 Å². The largest absolute Gasteiger partial charge is 0.416 e. The van der Waals surface area contributed by atoms with Crippen molar-refractivity contribution in [2.45, 2.75) is 31.0 Å². The first-order valence-electron chi connectivity index (χ1n) is 6.92. The Morgan fingerprint density at radius 2 is 1.52 bits per heavy atom. The molecule has 110 valence electrons. The summed E-state index contributed by atoms with van der Waals surface area (Å²) in [4.78, 5) is 0. The van der Waals surface area contributed by atoms with Gasteiger partial charge in [0, 0.05) is 5.54 Å². The van der Waals surface area contributed by atoms with Gasteiger partial charge in [-0.1, -0.05) is 42.5 Å². The summed E-state index contributed by atoms with van der Waals surface area (Å²) in [5.41, 5.74) is 7.25. The highest BCUT2D eigenvalue weighted by Crippen LogP contribution is 2.41. The number of nitrogens with two attached hydrogens (primary N) is 1. The van der Waals surface area contributed by atoms with Crippen molar-refractivity contribution in [2.75, 3.05) is 0 Å². The Labute approximate surface area is 121 Å². The highest BCUT2D eigenvalue weighted by atomic mass is 19.4. The van der Waals surface area contributed by atoms with Crippen LogP contribution in [0, 0.1) is 0 Å². The zero-order chi connectivity index (χ0) is 15.1. The predicted molar refractivity (Wildman–Crippen MR) is 75.8 cm³/mol. The summed E-state index contributed by atoms with van der Waals surface area (Å²) in [5.74, 6) is 0. The van der Waals surface area contributed by atoms with Gasteiger partial charge < -0.3 is 5.73 Å². The van der Waals surface area contributed by atoms with E-state index >= 15 is 0 Å². The maximum atomic E-state index is 13.2. The molecule has 3 rings (SSSR count). The molecule has 1 nitrogen and oxygen atoms in total. The third-order valence-electron chi connectivity index (χ3n) is 4.23. The van der Waals surface area contributed by atoms with Crippen LogP contribution >= 0.6 is 0 Å². The molecule has 0 saturated heterocycles. The third kappa shape index (κ3) is 2.56. The van der Waals surface area contributed by atoms with Crippen LogP contribution in [0.1, 0.15) is 28.7 Å². The number of hydrogen-bond donors (Lipinski definition) is 1. The molecular formula is C17H16F3N. The highest BCUT2D eigenvalue weighted by Gasteiger charge is 2.40. The van der Waals surface area contributed by atoms with Crippen LogP contribution < -0.4 is 5.73 Å². The SMILES string of the molecule is NC1(c2ccccc2C(F)(F)F)CCc2ccccc2C1. The van der Waals surface area contributed by atoms with Crippen molar-refractivity contribution in [2.24, 2.45) is 5.73 Å². The molecule has 2 aromatic rings. The van der Waals surface area contributed by atoms with E-state index in [0.717, 1.165) is 11.6 Å². The minimum absolute atomic E-state index is 0.201. The minimum atomic E-state index is -4.38. The first-order valence-corrected chi connectivity index (χ1v) is 6.92. The van der Waals surface area contributed by atoms with E-state index < -0.39 is 17.3 Å². The Bertz CT molecular complexity index is 663. The van der Waals surface area contributed by atoms with Gasteiger partial charge in [-0.05, 0) is 42.0 Å². The molecule has 0 bridgehead atoms. The van der Waals surface area contributed by atoms with Crippen molar-refractivity contribution >= 4 is 0 Å². The maximum Gasteiger partial charge on any atom is 0.416 e. The average Bonchev–Trinajstić information content (AvgIpc) is 2.46. The quantitative estimate of drug-likeness (QED) is 0.843. The van der Waals surface area contributed by atoms with Gasteiger partial charge in [0.25, 0.3) is 0 Å². The lowest BCUT2D eigenvalue weighted by Gasteiger charge is -2.37. The summed E-state index contributed by atoms with van der Waals surface area (Å²) < 4.78 is 39.6. The van der Waals surface area contributed by atoms with Gasteiger partial charge in [0.05, 0.1) is 5.56 Å². The van der Waals surface area contributed by atoms with Gasteiger partial charge in [-0.3, -0.25) is 0 Å². The number of halogens is 3. The molecule has 1 atom stereocenters. The fourth-order valence-corrected chi connectivity index (χ4v) is 3.15. The van der Waals surface area contributed by atoms with Gasteiger partial charge in [0.15, 0.2) is 0 Å². The zero-order valence-electron chi connectivity index (χ0n) is 11.5. The number of rotatable bonds is 1. The lowest BCUT2D eigenvalue weighted by molar-refractivity contribution is -0.138. The Morgan fingerprint density at radius 1 is 0.905 bits per heavy atom. The standard InChI is InChI=1S/C17H16F3N/c18-17(19,20)15-8-4-3-7-14(15)16(21)10-9-12-5-1-2-6-13(12)11-16/h1-8H,9-11,21H2. The molecule has 2 aromatic carbocycles. The molecule has 21 heavy (non-hydrogen) atoms. The van der Waals surface area contributed by atoms with E-state index in [9.17, 15) is 13.2 Å². The molecule has 0 spiro atoms. The summed E-state index contributed by atoms with van der Waals surface area (Å²) in [7, 11) is 0. The molecule has 0 fully saturated rings. The van der Waals surface area contributed by atoms with Crippen LogP contribution in [0.5, 0.6) is 0 Å². The van der Waals surface area contributed by atoms with Crippen LogP contribution in [0.2, 0.25) is 0 Å². The van der Waals surface area contributed by atoms with Crippen molar-refractivity contribution in [1.29, 1.82) is 0 Å². The monoisotopic (exact) mass is 291 g/mol. The Hall–Kier alpha value is -1.81. The van der Waals surface area contributed by atoms with E-state index in [1.54, 1.807) is 6.07 Å². The molecule has 0 aromatic heterocycles. The zero-order valence-corrected chi connectivity index (χ0v) is 11.5. The van der Waals surface area contributed by atoms with Crippen molar-refractivity contribution in [3.05, 3.63) is 70.8 Å². The van der Waals surface area contributed by atoms with Crippen LogP contribution in [0.15, 0.2) is 48.5 Å². The summed E-state index contributed by atoms with van der Waals surface area (Å²) in [6.45, 7) is 0. The lowest BCUT2D eigenvalue weighted by Crippen LogP contribution is -2.43. The molecule has 0 amide bonds. The molecule has 2 N–H and O–H groups in total. The Morgan fingerprint density at radius 3 is 2.24 bits per heavy atom. The first-order chi connectivity index (χ1) is 9.90. The van der Waals surface area contributed by atoms with Crippen LogP contribution in [0.25, 0.3) is 0 Å². The van der Waals surface area contributed by atoms with Gasteiger partial charge in [-0.15, -0.1) is 0 Å². The van der Waals surface area contributed by atoms with Crippen LogP contribution in [-0.4, -0.2) is 0 Å². The van der Waals surface area contributed by atoms with Gasteiger partial charge in [0.2, 0.25) is 0 Å². The number of fused-ring (bicyclic) bond motifs is 1. The molecule has 0 heterocycles. The van der Waals surface area contributed by atoms with Crippen molar-refractivity contribution in [3.63, 3.8) is 0 Å². The second-order valence-electron chi connectivity index (χ2n) is 5.64. The highest BCUT2D eigenvalue weighted by molar-refractivity contribution is 5.41. The van der Waals surface area contributed by atoms with Crippen LogP contribution in [0.3, 0.4) is 0 Å². The van der Waals surface area contributed by atoms with E-state index in [4.69, 9.17) is 5.73 Å². The van der Waals surface area contributed by atoms with Gasteiger partial charge in [0.1, 0.15) is 0 Å². The second kappa shape index (κ2) is 4.88. The first kappa shape index (κ1) is 14.1. The topological polar surface area (TPSA) is 26.0 Å². The molecule has 0 aliphatic heterocycles. The van der Waals surface area contributed by atoms with Crippen LogP contribution in [0.4, 0.5) is 13.2 Å². The molecule has 4 heteroatoms. The smallest absolute Gasteiger partial charge is 0.321 e.